The molecule has 0 spiro atoms. The van der Waals surface area contributed by atoms with Crippen molar-refractivity contribution < 1.29 is 14.3 Å². The Kier molecular flexibility index (Phi) is 4.88. The maximum atomic E-state index is 12.9. The lowest BCUT2D eigenvalue weighted by Gasteiger charge is -2.38. The zero-order valence-corrected chi connectivity index (χ0v) is 17.5. The molecule has 28 heavy (non-hydrogen) atoms. The Hall–Kier alpha value is -2.04. The molecule has 1 aromatic rings. The first kappa shape index (κ1) is 19.3. The summed E-state index contributed by atoms with van der Waals surface area (Å²) in [7, 11) is 3.60. The first-order valence-electron chi connectivity index (χ1n) is 10.5. The number of amides is 2. The Morgan fingerprint density at radius 1 is 1.29 bits per heavy atom. The van der Waals surface area contributed by atoms with E-state index in [0.29, 0.717) is 12.3 Å². The highest BCUT2D eigenvalue weighted by molar-refractivity contribution is 5.83. The van der Waals surface area contributed by atoms with Gasteiger partial charge in [-0.2, -0.15) is 0 Å². The fourth-order valence-electron chi connectivity index (χ4n) is 5.21. The number of hydrogen-bond donors (Lipinski definition) is 0. The van der Waals surface area contributed by atoms with E-state index in [1.165, 1.54) is 0 Å². The molecular formula is C23H32N2O3. The minimum atomic E-state index is 0.148. The zero-order chi connectivity index (χ0) is 20.1. The van der Waals surface area contributed by atoms with Crippen LogP contribution in [0.1, 0.15) is 45.1 Å². The summed E-state index contributed by atoms with van der Waals surface area (Å²) in [5, 5.41) is 0. The molecule has 3 aliphatic rings. The van der Waals surface area contributed by atoms with Gasteiger partial charge in [-0.3, -0.25) is 9.59 Å². The molecule has 152 valence electrons. The number of likely N-dealkylation sites (tertiary alicyclic amines) is 1. The third-order valence-corrected chi connectivity index (χ3v) is 7.19. The van der Waals surface area contributed by atoms with Crippen molar-refractivity contribution in [3.05, 3.63) is 29.8 Å². The van der Waals surface area contributed by atoms with Gasteiger partial charge in [0.05, 0.1) is 19.2 Å². The Morgan fingerprint density at radius 2 is 2.04 bits per heavy atom. The van der Waals surface area contributed by atoms with E-state index in [4.69, 9.17) is 4.74 Å². The first-order chi connectivity index (χ1) is 13.3. The molecule has 1 aromatic carbocycles. The molecular weight excluding hydrogens is 352 g/mol. The second kappa shape index (κ2) is 7.09. The number of nitrogens with zero attached hydrogens (tertiary/aromatic N) is 2. The van der Waals surface area contributed by atoms with Crippen molar-refractivity contribution in [2.45, 2.75) is 58.0 Å². The van der Waals surface area contributed by atoms with Crippen LogP contribution in [0.2, 0.25) is 0 Å². The van der Waals surface area contributed by atoms with Gasteiger partial charge in [0.25, 0.3) is 0 Å². The molecule has 1 heterocycles. The highest BCUT2D eigenvalue weighted by Gasteiger charge is 2.55. The molecule has 2 bridgehead atoms. The maximum absolute atomic E-state index is 12.9. The van der Waals surface area contributed by atoms with Crippen LogP contribution in [0.25, 0.3) is 0 Å². The predicted molar refractivity (Wildman–Crippen MR) is 108 cm³/mol. The average molecular weight is 385 g/mol. The lowest BCUT2D eigenvalue weighted by molar-refractivity contribution is -0.140. The number of methoxy groups -OCH3 is 1. The summed E-state index contributed by atoms with van der Waals surface area (Å²) in [5.74, 6) is 2.01. The minimum absolute atomic E-state index is 0.148. The average Bonchev–Trinajstić information content (AvgIpc) is 3.03. The van der Waals surface area contributed by atoms with Crippen molar-refractivity contribution in [3.63, 3.8) is 0 Å². The second-order valence-corrected chi connectivity index (χ2v) is 9.56. The standard InChI is InChI=1S/C23H32N2O3/c1-23(2)13-18(23)22(27)24(3)19-11-16-12-20(19)25(14-16)21(26)9-8-15-6-5-7-17(10-15)28-4/h5-7,10,16,18-20H,8-9,11-14H2,1-4H3/t16-,18?,19+,20-/m1/s1. The molecule has 5 nitrogen and oxygen atoms in total. The number of rotatable bonds is 6. The van der Waals surface area contributed by atoms with Gasteiger partial charge >= 0.3 is 0 Å². The molecule has 3 fully saturated rings. The highest BCUT2D eigenvalue weighted by Crippen LogP contribution is 2.53. The summed E-state index contributed by atoms with van der Waals surface area (Å²) in [5.41, 5.74) is 1.27. The number of ether oxygens (including phenoxy) is 1. The molecule has 0 N–H and O–H groups in total. The molecule has 0 aromatic heterocycles. The van der Waals surface area contributed by atoms with Gasteiger partial charge in [0, 0.05) is 25.9 Å². The number of hydrogen-bond acceptors (Lipinski definition) is 3. The van der Waals surface area contributed by atoms with Gasteiger partial charge in [0.2, 0.25) is 11.8 Å². The number of carbonyl (C=O) groups is 2. The SMILES string of the molecule is COc1cccc(CCC(=O)N2C[C@H]3C[C@@H]2[C@@H](N(C)C(=O)C2CC2(C)C)C3)c1. The second-order valence-electron chi connectivity index (χ2n) is 9.56. The van der Waals surface area contributed by atoms with Crippen LogP contribution in [-0.4, -0.2) is 54.4 Å². The predicted octanol–water partition coefficient (Wildman–Crippen LogP) is 3.12. The van der Waals surface area contributed by atoms with Crippen LogP contribution in [0.4, 0.5) is 0 Å². The van der Waals surface area contributed by atoms with Gasteiger partial charge in [0.15, 0.2) is 0 Å². The lowest BCUT2D eigenvalue weighted by Crippen LogP contribution is -2.53. The topological polar surface area (TPSA) is 49.9 Å². The van der Waals surface area contributed by atoms with E-state index in [2.05, 4.69) is 18.7 Å². The van der Waals surface area contributed by atoms with Crippen molar-refractivity contribution in [2.75, 3.05) is 20.7 Å². The zero-order valence-electron chi connectivity index (χ0n) is 17.5. The highest BCUT2D eigenvalue weighted by atomic mass is 16.5. The van der Waals surface area contributed by atoms with Crippen LogP contribution >= 0.6 is 0 Å². The van der Waals surface area contributed by atoms with E-state index in [1.54, 1.807) is 7.11 Å². The Morgan fingerprint density at radius 3 is 2.68 bits per heavy atom. The molecule has 2 aliphatic carbocycles. The smallest absolute Gasteiger partial charge is 0.226 e. The van der Waals surface area contributed by atoms with E-state index in [-0.39, 0.29) is 35.2 Å². The van der Waals surface area contributed by atoms with Crippen molar-refractivity contribution in [1.29, 1.82) is 0 Å². The summed E-state index contributed by atoms with van der Waals surface area (Å²) in [4.78, 5) is 29.8. The molecule has 1 unspecified atom stereocenters. The summed E-state index contributed by atoms with van der Waals surface area (Å²) in [6, 6.07) is 8.30. The molecule has 4 rings (SSSR count). The molecule has 4 atom stereocenters. The molecule has 0 radical (unpaired) electrons. The van der Waals surface area contributed by atoms with E-state index in [0.717, 1.165) is 43.5 Å². The van der Waals surface area contributed by atoms with Gasteiger partial charge in [-0.05, 0) is 54.7 Å². The van der Waals surface area contributed by atoms with Crippen LogP contribution in [0.3, 0.4) is 0 Å². The maximum Gasteiger partial charge on any atom is 0.226 e. The first-order valence-corrected chi connectivity index (χ1v) is 10.5. The quantitative estimate of drug-likeness (QED) is 0.757. The summed E-state index contributed by atoms with van der Waals surface area (Å²) >= 11 is 0. The monoisotopic (exact) mass is 384 g/mol. The van der Waals surface area contributed by atoms with Gasteiger partial charge in [-0.1, -0.05) is 26.0 Å². The summed E-state index contributed by atoms with van der Waals surface area (Å²) < 4.78 is 5.27. The lowest BCUT2D eigenvalue weighted by atomic mass is 10.0. The number of carbonyl (C=O) groups excluding carboxylic acids is 2. The third kappa shape index (κ3) is 3.51. The van der Waals surface area contributed by atoms with Crippen LogP contribution in [0.15, 0.2) is 24.3 Å². The largest absolute Gasteiger partial charge is 0.497 e. The number of benzene rings is 1. The molecule has 1 saturated heterocycles. The van der Waals surface area contributed by atoms with E-state index >= 15 is 0 Å². The third-order valence-electron chi connectivity index (χ3n) is 7.19. The minimum Gasteiger partial charge on any atom is -0.497 e. The van der Waals surface area contributed by atoms with Crippen LogP contribution in [-0.2, 0) is 16.0 Å². The number of fused-ring (bicyclic) bond motifs is 2. The van der Waals surface area contributed by atoms with Gasteiger partial charge in [-0.15, -0.1) is 0 Å². The summed E-state index contributed by atoms with van der Waals surface area (Å²) in [6.45, 7) is 5.19. The normalized spacial score (nSPS) is 29.6. The van der Waals surface area contributed by atoms with E-state index in [9.17, 15) is 9.59 Å². The summed E-state index contributed by atoms with van der Waals surface area (Å²) in [6.07, 6.45) is 4.30. The molecule has 5 heteroatoms. The van der Waals surface area contributed by atoms with E-state index in [1.807, 2.05) is 36.2 Å². The Bertz CT molecular complexity index is 775. The van der Waals surface area contributed by atoms with Crippen LogP contribution < -0.4 is 4.74 Å². The molecule has 2 saturated carbocycles. The molecule has 1 aliphatic heterocycles. The van der Waals surface area contributed by atoms with Crippen LogP contribution in [0, 0.1) is 17.3 Å². The number of likely N-dealkylation sites (N-methyl/N-ethyl adjacent to an activating group) is 1. The van der Waals surface area contributed by atoms with Crippen molar-refractivity contribution in [1.82, 2.24) is 9.80 Å². The Balaban J connectivity index is 1.36. The number of aryl methyl sites for hydroxylation is 1. The van der Waals surface area contributed by atoms with Crippen molar-refractivity contribution in [3.8, 4) is 5.75 Å². The number of piperidine rings is 1. The van der Waals surface area contributed by atoms with E-state index < -0.39 is 0 Å². The van der Waals surface area contributed by atoms with Gasteiger partial charge < -0.3 is 14.5 Å². The van der Waals surface area contributed by atoms with Gasteiger partial charge in [-0.25, -0.2) is 0 Å². The molecule has 2 amide bonds. The van der Waals surface area contributed by atoms with Crippen molar-refractivity contribution in [2.24, 2.45) is 17.3 Å². The van der Waals surface area contributed by atoms with Crippen molar-refractivity contribution >= 4 is 11.8 Å². The fraction of sp³-hybridized carbons (Fsp3) is 0.652. The van der Waals surface area contributed by atoms with Crippen LogP contribution in [0.5, 0.6) is 5.75 Å². The fourth-order valence-corrected chi connectivity index (χ4v) is 5.21. The Labute approximate surface area is 168 Å². The van der Waals surface area contributed by atoms with Gasteiger partial charge in [0.1, 0.15) is 5.75 Å².